The van der Waals surface area contributed by atoms with Gasteiger partial charge in [0.25, 0.3) is 5.91 Å². The fraction of sp³-hybridized carbons (Fsp3) is 0.500. The Kier molecular flexibility index (Phi) is 3.15. The highest BCUT2D eigenvalue weighted by atomic mass is 16.2. The van der Waals surface area contributed by atoms with Crippen LogP contribution in [0.5, 0.6) is 0 Å². The number of hydrogen-bond acceptors (Lipinski definition) is 3. The molecule has 0 aliphatic carbocycles. The first-order chi connectivity index (χ1) is 9.91. The van der Waals surface area contributed by atoms with E-state index in [0.717, 1.165) is 18.7 Å². The molecule has 21 heavy (non-hydrogen) atoms. The fourth-order valence-electron chi connectivity index (χ4n) is 3.15. The number of likely N-dealkylation sites (N-methyl/N-ethyl adjacent to an activating group) is 1. The minimum Gasteiger partial charge on any atom is -0.384 e. The van der Waals surface area contributed by atoms with E-state index in [1.54, 1.807) is 16.8 Å². The molecular formula is C16H21N3O2. The Bertz CT molecular complexity index is 610. The van der Waals surface area contributed by atoms with Crippen LogP contribution in [0.3, 0.4) is 0 Å². The second kappa shape index (κ2) is 4.76. The quantitative estimate of drug-likeness (QED) is 0.848. The van der Waals surface area contributed by atoms with Crippen molar-refractivity contribution >= 4 is 17.5 Å². The van der Waals surface area contributed by atoms with E-state index in [-0.39, 0.29) is 11.8 Å². The molecule has 0 saturated carbocycles. The average Bonchev–Trinajstić information content (AvgIpc) is 2.91. The number of benzene rings is 1. The highest BCUT2D eigenvalue weighted by molar-refractivity contribution is 6.00. The number of hydrogen-bond donors (Lipinski definition) is 1. The first-order valence-corrected chi connectivity index (χ1v) is 7.35. The van der Waals surface area contributed by atoms with Gasteiger partial charge in [0, 0.05) is 37.9 Å². The Labute approximate surface area is 124 Å². The molecule has 0 atom stereocenters. The summed E-state index contributed by atoms with van der Waals surface area (Å²) in [4.78, 5) is 28.5. The molecule has 1 aromatic carbocycles. The molecule has 0 bridgehead atoms. The summed E-state index contributed by atoms with van der Waals surface area (Å²) in [5, 5.41) is 3.29. The van der Waals surface area contributed by atoms with E-state index in [9.17, 15) is 9.59 Å². The predicted molar refractivity (Wildman–Crippen MR) is 81.4 cm³/mol. The molecule has 2 aliphatic heterocycles. The second-order valence-electron chi connectivity index (χ2n) is 6.29. The van der Waals surface area contributed by atoms with E-state index in [4.69, 9.17) is 0 Å². The molecule has 0 radical (unpaired) electrons. The summed E-state index contributed by atoms with van der Waals surface area (Å²) in [6, 6.07) is 5.78. The van der Waals surface area contributed by atoms with Crippen LogP contribution in [0.4, 0.5) is 5.69 Å². The van der Waals surface area contributed by atoms with Gasteiger partial charge >= 0.3 is 0 Å². The van der Waals surface area contributed by atoms with Gasteiger partial charge in [0.05, 0.1) is 0 Å². The van der Waals surface area contributed by atoms with E-state index < -0.39 is 5.54 Å². The lowest BCUT2D eigenvalue weighted by Crippen LogP contribution is -2.63. The molecule has 1 saturated heterocycles. The van der Waals surface area contributed by atoms with Gasteiger partial charge in [-0.25, -0.2) is 0 Å². The van der Waals surface area contributed by atoms with Crippen molar-refractivity contribution in [1.82, 2.24) is 9.80 Å². The molecule has 0 unspecified atom stereocenters. The molecule has 2 amide bonds. The normalized spacial score (nSPS) is 20.2. The van der Waals surface area contributed by atoms with Crippen LogP contribution in [0.2, 0.25) is 0 Å². The van der Waals surface area contributed by atoms with Crippen molar-refractivity contribution in [3.8, 4) is 0 Å². The van der Waals surface area contributed by atoms with Gasteiger partial charge in [-0.15, -0.1) is 0 Å². The van der Waals surface area contributed by atoms with E-state index in [1.807, 2.05) is 32.0 Å². The summed E-state index contributed by atoms with van der Waals surface area (Å²) >= 11 is 0. The van der Waals surface area contributed by atoms with Gasteiger partial charge in [-0.3, -0.25) is 9.59 Å². The lowest BCUT2D eigenvalue weighted by molar-refractivity contribution is -0.144. The molecule has 5 heteroatoms. The molecule has 5 nitrogen and oxygen atoms in total. The molecule has 3 rings (SSSR count). The Morgan fingerprint density at radius 2 is 2.05 bits per heavy atom. The molecular weight excluding hydrogens is 266 g/mol. The van der Waals surface area contributed by atoms with Gasteiger partial charge in [-0.2, -0.15) is 0 Å². The van der Waals surface area contributed by atoms with Crippen LogP contribution >= 0.6 is 0 Å². The van der Waals surface area contributed by atoms with Gasteiger partial charge < -0.3 is 15.1 Å². The Morgan fingerprint density at radius 1 is 1.29 bits per heavy atom. The summed E-state index contributed by atoms with van der Waals surface area (Å²) in [7, 11) is 1.78. The number of fused-ring (bicyclic) bond motifs is 1. The Balaban J connectivity index is 1.90. The number of piperazine rings is 1. The number of carbonyl (C=O) groups excluding carboxylic acids is 2. The number of carbonyl (C=O) groups is 2. The van der Waals surface area contributed by atoms with E-state index in [0.29, 0.717) is 18.7 Å². The van der Waals surface area contributed by atoms with Crippen molar-refractivity contribution in [2.75, 3.05) is 32.0 Å². The Morgan fingerprint density at radius 3 is 2.81 bits per heavy atom. The highest BCUT2D eigenvalue weighted by Crippen LogP contribution is 2.27. The van der Waals surface area contributed by atoms with Gasteiger partial charge in [-0.05, 0) is 38.0 Å². The zero-order valence-electron chi connectivity index (χ0n) is 12.8. The van der Waals surface area contributed by atoms with Crippen molar-refractivity contribution in [2.24, 2.45) is 0 Å². The minimum atomic E-state index is -0.795. The van der Waals surface area contributed by atoms with Crippen LogP contribution < -0.4 is 5.32 Å². The number of nitrogens with one attached hydrogen (secondary N) is 1. The summed E-state index contributed by atoms with van der Waals surface area (Å²) in [5.74, 6) is -0.0839. The van der Waals surface area contributed by atoms with Crippen LogP contribution in [0.1, 0.15) is 29.8 Å². The number of anilines is 1. The molecule has 1 fully saturated rings. The van der Waals surface area contributed by atoms with Gasteiger partial charge in [0.2, 0.25) is 5.91 Å². The van der Waals surface area contributed by atoms with Gasteiger partial charge in [-0.1, -0.05) is 6.07 Å². The van der Waals surface area contributed by atoms with Gasteiger partial charge in [0.1, 0.15) is 5.54 Å². The first-order valence-electron chi connectivity index (χ1n) is 7.35. The van der Waals surface area contributed by atoms with E-state index in [1.165, 1.54) is 5.56 Å². The summed E-state index contributed by atoms with van der Waals surface area (Å²) < 4.78 is 0. The maximum atomic E-state index is 12.8. The standard InChI is InChI=1S/C16H21N3O2/c1-16(2)15(21)18(3)8-9-19(16)14(20)12-5-4-11-6-7-17-13(11)10-12/h4-5,10,17H,6-9H2,1-3H3. The van der Waals surface area contributed by atoms with Crippen molar-refractivity contribution < 1.29 is 9.59 Å². The fourth-order valence-corrected chi connectivity index (χ4v) is 3.15. The zero-order valence-corrected chi connectivity index (χ0v) is 12.8. The Hall–Kier alpha value is -2.04. The highest BCUT2D eigenvalue weighted by Gasteiger charge is 2.43. The van der Waals surface area contributed by atoms with Crippen LogP contribution in [0.25, 0.3) is 0 Å². The molecule has 112 valence electrons. The smallest absolute Gasteiger partial charge is 0.254 e. The second-order valence-corrected chi connectivity index (χ2v) is 6.29. The number of amides is 2. The number of nitrogens with zero attached hydrogens (tertiary/aromatic N) is 2. The van der Waals surface area contributed by atoms with Crippen molar-refractivity contribution in [1.29, 1.82) is 0 Å². The van der Waals surface area contributed by atoms with Crippen molar-refractivity contribution in [3.63, 3.8) is 0 Å². The van der Waals surface area contributed by atoms with Gasteiger partial charge in [0.15, 0.2) is 0 Å². The van der Waals surface area contributed by atoms with Crippen LogP contribution in [0, 0.1) is 0 Å². The van der Waals surface area contributed by atoms with Crippen LogP contribution in [0.15, 0.2) is 18.2 Å². The third-order valence-corrected chi connectivity index (χ3v) is 4.52. The van der Waals surface area contributed by atoms with Crippen molar-refractivity contribution in [2.45, 2.75) is 25.8 Å². The lowest BCUT2D eigenvalue weighted by Gasteiger charge is -2.44. The molecule has 1 N–H and O–H groups in total. The minimum absolute atomic E-state index is 0.0126. The first kappa shape index (κ1) is 13.9. The van der Waals surface area contributed by atoms with Crippen LogP contribution in [-0.2, 0) is 11.2 Å². The van der Waals surface area contributed by atoms with E-state index >= 15 is 0 Å². The molecule has 0 aromatic heterocycles. The molecule has 0 spiro atoms. The average molecular weight is 287 g/mol. The van der Waals surface area contributed by atoms with Crippen LogP contribution in [-0.4, -0.2) is 53.8 Å². The SMILES string of the molecule is CN1CCN(C(=O)c2ccc3c(c2)NCC3)C(C)(C)C1=O. The molecule has 2 heterocycles. The summed E-state index contributed by atoms with van der Waals surface area (Å²) in [5.41, 5.74) is 2.14. The molecule has 1 aromatic rings. The largest absolute Gasteiger partial charge is 0.384 e. The summed E-state index contributed by atoms with van der Waals surface area (Å²) in [6.07, 6.45) is 1.00. The maximum absolute atomic E-state index is 12.8. The predicted octanol–water partition coefficient (Wildman–Crippen LogP) is 1.35. The lowest BCUT2D eigenvalue weighted by atomic mass is 9.96. The molecule has 2 aliphatic rings. The third kappa shape index (κ3) is 2.17. The third-order valence-electron chi connectivity index (χ3n) is 4.52. The summed E-state index contributed by atoms with van der Waals surface area (Å²) in [6.45, 7) is 5.70. The zero-order chi connectivity index (χ0) is 15.2. The number of rotatable bonds is 1. The maximum Gasteiger partial charge on any atom is 0.254 e. The van der Waals surface area contributed by atoms with E-state index in [2.05, 4.69) is 5.32 Å². The van der Waals surface area contributed by atoms with Crippen molar-refractivity contribution in [3.05, 3.63) is 29.3 Å². The topological polar surface area (TPSA) is 52.6 Å². The monoisotopic (exact) mass is 287 g/mol.